The molecule has 3 heterocycles. The predicted molar refractivity (Wildman–Crippen MR) is 94.7 cm³/mol. The average molecular weight is 349 g/mol. The Labute approximate surface area is 151 Å². The molecule has 0 unspecified atom stereocenters. The molecule has 1 amide bonds. The lowest BCUT2D eigenvalue weighted by molar-refractivity contribution is -0.127. The van der Waals surface area contributed by atoms with E-state index in [0.29, 0.717) is 24.7 Å². The van der Waals surface area contributed by atoms with Crippen molar-refractivity contribution >= 4 is 5.91 Å². The highest BCUT2D eigenvalue weighted by Crippen LogP contribution is 2.31. The number of likely N-dealkylation sites (N-methyl/N-ethyl adjacent to an activating group) is 1. The Bertz CT molecular complexity index is 881. The summed E-state index contributed by atoms with van der Waals surface area (Å²) in [5.41, 5.74) is 1.89. The lowest BCUT2D eigenvalue weighted by atomic mass is 10.0. The molecule has 4 rings (SSSR count). The van der Waals surface area contributed by atoms with Crippen molar-refractivity contribution in [2.75, 3.05) is 7.05 Å². The summed E-state index contributed by atoms with van der Waals surface area (Å²) in [6.07, 6.45) is 3.96. The van der Waals surface area contributed by atoms with Crippen molar-refractivity contribution in [1.82, 2.24) is 25.4 Å². The monoisotopic (exact) mass is 349 g/mol. The average Bonchev–Trinajstić information content (AvgIpc) is 3.26. The summed E-state index contributed by atoms with van der Waals surface area (Å²) < 4.78 is 5.73. The molecule has 1 aliphatic heterocycles. The van der Waals surface area contributed by atoms with Crippen LogP contribution in [0.2, 0.25) is 0 Å². The van der Waals surface area contributed by atoms with Crippen molar-refractivity contribution in [3.63, 3.8) is 0 Å². The second kappa shape index (κ2) is 7.05. The van der Waals surface area contributed by atoms with Gasteiger partial charge >= 0.3 is 0 Å². The van der Waals surface area contributed by atoms with Gasteiger partial charge in [-0.2, -0.15) is 0 Å². The van der Waals surface area contributed by atoms with Crippen molar-refractivity contribution in [3.8, 4) is 11.5 Å². The lowest BCUT2D eigenvalue weighted by Crippen LogP contribution is -2.34. The van der Waals surface area contributed by atoms with Gasteiger partial charge in [-0.25, -0.2) is 0 Å². The summed E-state index contributed by atoms with van der Waals surface area (Å²) in [6, 6.07) is 13.4. The number of amides is 1. The SMILES string of the molecule is CN1C(=O)C[C@@H](NCc2nnc(-c3ccccc3)o2)[C@@H]1c1cccnc1. The van der Waals surface area contributed by atoms with E-state index in [0.717, 1.165) is 11.1 Å². The fraction of sp³-hybridized carbons (Fsp3) is 0.263. The van der Waals surface area contributed by atoms with Crippen molar-refractivity contribution in [1.29, 1.82) is 0 Å². The zero-order valence-electron chi connectivity index (χ0n) is 14.4. The second-order valence-corrected chi connectivity index (χ2v) is 6.29. The molecule has 0 saturated carbocycles. The predicted octanol–water partition coefficient (Wildman–Crippen LogP) is 2.19. The fourth-order valence-corrected chi connectivity index (χ4v) is 3.30. The molecule has 0 spiro atoms. The normalized spacial score (nSPS) is 19.9. The Morgan fingerprint density at radius 2 is 2.04 bits per heavy atom. The van der Waals surface area contributed by atoms with E-state index >= 15 is 0 Å². The molecular weight excluding hydrogens is 330 g/mol. The van der Waals surface area contributed by atoms with E-state index in [1.165, 1.54) is 0 Å². The van der Waals surface area contributed by atoms with Gasteiger partial charge in [-0.15, -0.1) is 10.2 Å². The van der Waals surface area contributed by atoms with Crippen molar-refractivity contribution in [2.45, 2.75) is 25.0 Å². The number of benzene rings is 1. The maximum atomic E-state index is 12.2. The van der Waals surface area contributed by atoms with Gasteiger partial charge in [0.2, 0.25) is 17.7 Å². The number of nitrogens with one attached hydrogen (secondary N) is 1. The Morgan fingerprint density at radius 3 is 2.81 bits per heavy atom. The summed E-state index contributed by atoms with van der Waals surface area (Å²) in [5, 5.41) is 11.6. The minimum atomic E-state index is -0.0623. The third-order valence-electron chi connectivity index (χ3n) is 4.62. The molecule has 1 saturated heterocycles. The zero-order chi connectivity index (χ0) is 17.9. The highest BCUT2D eigenvalue weighted by Gasteiger charge is 2.38. The first-order valence-electron chi connectivity index (χ1n) is 8.49. The van der Waals surface area contributed by atoms with Crippen LogP contribution in [0.3, 0.4) is 0 Å². The number of pyridine rings is 1. The van der Waals surface area contributed by atoms with Gasteiger partial charge in [0.05, 0.1) is 12.6 Å². The molecule has 1 fully saturated rings. The summed E-state index contributed by atoms with van der Waals surface area (Å²) in [4.78, 5) is 18.1. The van der Waals surface area contributed by atoms with Crippen LogP contribution in [0.25, 0.3) is 11.5 Å². The van der Waals surface area contributed by atoms with Gasteiger partial charge in [0.15, 0.2) is 0 Å². The number of aromatic nitrogens is 3. The third-order valence-corrected chi connectivity index (χ3v) is 4.62. The smallest absolute Gasteiger partial charge is 0.247 e. The molecule has 1 aliphatic rings. The van der Waals surface area contributed by atoms with Crippen molar-refractivity contribution < 1.29 is 9.21 Å². The first-order chi connectivity index (χ1) is 12.7. The van der Waals surface area contributed by atoms with Crippen molar-refractivity contribution in [3.05, 3.63) is 66.3 Å². The van der Waals surface area contributed by atoms with Crippen LogP contribution >= 0.6 is 0 Å². The first-order valence-corrected chi connectivity index (χ1v) is 8.49. The van der Waals surface area contributed by atoms with Gasteiger partial charge in [-0.05, 0) is 23.8 Å². The van der Waals surface area contributed by atoms with Gasteiger partial charge in [0.1, 0.15) is 0 Å². The number of likely N-dealkylation sites (tertiary alicyclic amines) is 1. The van der Waals surface area contributed by atoms with Gasteiger partial charge in [0, 0.05) is 37.5 Å². The van der Waals surface area contributed by atoms with E-state index in [-0.39, 0.29) is 18.0 Å². The molecule has 7 heteroatoms. The molecule has 0 bridgehead atoms. The Morgan fingerprint density at radius 1 is 1.19 bits per heavy atom. The Kier molecular flexibility index (Phi) is 4.45. The number of hydrogen-bond acceptors (Lipinski definition) is 6. The summed E-state index contributed by atoms with van der Waals surface area (Å²) >= 11 is 0. The van der Waals surface area contributed by atoms with Crippen LogP contribution < -0.4 is 5.32 Å². The Hall–Kier alpha value is -3.06. The topological polar surface area (TPSA) is 84.2 Å². The number of hydrogen-bond donors (Lipinski definition) is 1. The summed E-state index contributed by atoms with van der Waals surface area (Å²) in [6.45, 7) is 0.405. The number of carbonyl (C=O) groups is 1. The van der Waals surface area contributed by atoms with Crippen LogP contribution in [0, 0.1) is 0 Å². The van der Waals surface area contributed by atoms with E-state index < -0.39 is 0 Å². The molecule has 7 nitrogen and oxygen atoms in total. The minimum absolute atomic E-state index is 0.0382. The lowest BCUT2D eigenvalue weighted by Gasteiger charge is -2.25. The molecule has 1 aromatic carbocycles. The van der Waals surface area contributed by atoms with E-state index in [9.17, 15) is 4.79 Å². The molecule has 132 valence electrons. The van der Waals surface area contributed by atoms with Crippen LogP contribution in [0.1, 0.15) is 23.9 Å². The summed E-state index contributed by atoms with van der Waals surface area (Å²) in [5.74, 6) is 1.09. The van der Waals surface area contributed by atoms with Crippen LogP contribution in [0.4, 0.5) is 0 Å². The standard InChI is InChI=1S/C19H19N5O2/c1-24-17(25)10-15(18(24)14-8-5-9-20-11-14)21-12-16-22-23-19(26-16)13-6-3-2-4-7-13/h2-9,11,15,18,21H,10,12H2,1H3/t15-,18+/m1/s1. The molecule has 1 N–H and O–H groups in total. The molecule has 0 aliphatic carbocycles. The maximum Gasteiger partial charge on any atom is 0.247 e. The van der Waals surface area contributed by atoms with E-state index in [1.807, 2.05) is 49.5 Å². The third kappa shape index (κ3) is 3.21. The molecule has 2 aromatic heterocycles. The highest BCUT2D eigenvalue weighted by atomic mass is 16.4. The number of carbonyl (C=O) groups excluding carboxylic acids is 1. The first kappa shape index (κ1) is 16.4. The molecule has 0 radical (unpaired) electrons. The van der Waals surface area contributed by atoms with E-state index in [1.54, 1.807) is 17.3 Å². The second-order valence-electron chi connectivity index (χ2n) is 6.29. The van der Waals surface area contributed by atoms with Crippen molar-refractivity contribution in [2.24, 2.45) is 0 Å². The fourth-order valence-electron chi connectivity index (χ4n) is 3.30. The molecular formula is C19H19N5O2. The van der Waals surface area contributed by atoms with Crippen LogP contribution in [0.5, 0.6) is 0 Å². The van der Waals surface area contributed by atoms with Gasteiger partial charge in [-0.1, -0.05) is 24.3 Å². The van der Waals surface area contributed by atoms with Crippen LogP contribution in [-0.2, 0) is 11.3 Å². The number of rotatable bonds is 5. The van der Waals surface area contributed by atoms with Gasteiger partial charge in [-0.3, -0.25) is 9.78 Å². The minimum Gasteiger partial charge on any atom is -0.419 e. The van der Waals surface area contributed by atoms with Crippen LogP contribution in [-0.4, -0.2) is 39.1 Å². The van der Waals surface area contributed by atoms with Crippen LogP contribution in [0.15, 0.2) is 59.3 Å². The maximum absolute atomic E-state index is 12.2. The Balaban J connectivity index is 1.47. The quantitative estimate of drug-likeness (QED) is 0.760. The van der Waals surface area contributed by atoms with Gasteiger partial charge < -0.3 is 14.6 Å². The van der Waals surface area contributed by atoms with E-state index in [2.05, 4.69) is 20.5 Å². The summed E-state index contributed by atoms with van der Waals surface area (Å²) in [7, 11) is 1.82. The molecule has 26 heavy (non-hydrogen) atoms. The molecule has 2 atom stereocenters. The zero-order valence-corrected chi connectivity index (χ0v) is 14.4. The highest BCUT2D eigenvalue weighted by molar-refractivity contribution is 5.80. The largest absolute Gasteiger partial charge is 0.419 e. The van der Waals surface area contributed by atoms with Gasteiger partial charge in [0.25, 0.3) is 0 Å². The number of nitrogens with zero attached hydrogens (tertiary/aromatic N) is 4. The molecule has 3 aromatic rings. The van der Waals surface area contributed by atoms with E-state index in [4.69, 9.17) is 4.42 Å².